The second-order valence-corrected chi connectivity index (χ2v) is 6.87. The predicted molar refractivity (Wildman–Crippen MR) is 115 cm³/mol. The maximum atomic E-state index is 12.7. The van der Waals surface area contributed by atoms with Gasteiger partial charge in [0, 0.05) is 28.1 Å². The van der Waals surface area contributed by atoms with E-state index >= 15 is 0 Å². The number of Topliss-reactive ketones (excluding diaryl/α,β-unsaturated/α-hetero) is 1. The smallest absolute Gasteiger partial charge is 0.255 e. The number of anilines is 2. The maximum absolute atomic E-state index is 12.7. The zero-order valence-corrected chi connectivity index (χ0v) is 16.6. The quantitative estimate of drug-likeness (QED) is 0.605. The summed E-state index contributed by atoms with van der Waals surface area (Å²) in [4.78, 5) is 36.8. The number of aryl methyl sites for hydroxylation is 1. The Hall–Kier alpha value is -3.73. The molecule has 0 atom stereocenters. The van der Waals surface area contributed by atoms with Gasteiger partial charge in [-0.3, -0.25) is 14.4 Å². The van der Waals surface area contributed by atoms with Crippen molar-refractivity contribution in [3.05, 3.63) is 94.5 Å². The number of hydrogen-bond acceptors (Lipinski definition) is 3. The Balaban J connectivity index is 1.77. The molecule has 5 nitrogen and oxygen atoms in total. The summed E-state index contributed by atoms with van der Waals surface area (Å²) >= 11 is 0. The number of rotatable bonds is 5. The zero-order chi connectivity index (χ0) is 21.0. The van der Waals surface area contributed by atoms with Crippen molar-refractivity contribution in [1.29, 1.82) is 0 Å². The summed E-state index contributed by atoms with van der Waals surface area (Å²) in [6, 6.07) is 19.0. The Bertz CT molecular complexity index is 1100. The highest BCUT2D eigenvalue weighted by molar-refractivity contribution is 6.09. The first kappa shape index (κ1) is 20.0. The first-order chi connectivity index (χ1) is 13.8. The van der Waals surface area contributed by atoms with Crippen LogP contribution in [0.4, 0.5) is 11.4 Å². The largest absolute Gasteiger partial charge is 0.322 e. The van der Waals surface area contributed by atoms with Crippen LogP contribution in [-0.2, 0) is 0 Å². The molecular weight excluding hydrogens is 364 g/mol. The molecule has 5 heteroatoms. The van der Waals surface area contributed by atoms with Gasteiger partial charge in [0.2, 0.25) is 0 Å². The van der Waals surface area contributed by atoms with Gasteiger partial charge in [0.1, 0.15) is 0 Å². The number of benzene rings is 3. The monoisotopic (exact) mass is 386 g/mol. The van der Waals surface area contributed by atoms with Crippen molar-refractivity contribution in [3.8, 4) is 0 Å². The van der Waals surface area contributed by atoms with Crippen LogP contribution in [0.5, 0.6) is 0 Å². The number of nitrogens with one attached hydrogen (secondary N) is 2. The van der Waals surface area contributed by atoms with Crippen molar-refractivity contribution in [2.45, 2.75) is 20.8 Å². The minimum absolute atomic E-state index is 0.0776. The third-order valence-corrected chi connectivity index (χ3v) is 4.77. The molecule has 3 aromatic rings. The molecule has 146 valence electrons. The van der Waals surface area contributed by atoms with Crippen LogP contribution in [-0.4, -0.2) is 17.6 Å². The first-order valence-electron chi connectivity index (χ1n) is 9.25. The molecule has 0 aromatic heterocycles. The van der Waals surface area contributed by atoms with Crippen LogP contribution < -0.4 is 10.6 Å². The van der Waals surface area contributed by atoms with Crippen LogP contribution in [0.1, 0.15) is 49.1 Å². The minimum Gasteiger partial charge on any atom is -0.322 e. The van der Waals surface area contributed by atoms with Gasteiger partial charge in [0.25, 0.3) is 11.8 Å². The second-order valence-electron chi connectivity index (χ2n) is 6.87. The SMILES string of the molecule is CC(=O)c1cccc(NC(=O)c2cccc(C(=O)Nc3cccc(C)c3C)c2)c1. The van der Waals surface area contributed by atoms with E-state index in [4.69, 9.17) is 0 Å². The molecule has 0 aliphatic rings. The molecule has 0 aliphatic heterocycles. The van der Waals surface area contributed by atoms with Crippen molar-refractivity contribution in [2.75, 3.05) is 10.6 Å². The van der Waals surface area contributed by atoms with Gasteiger partial charge in [-0.25, -0.2) is 0 Å². The van der Waals surface area contributed by atoms with Gasteiger partial charge >= 0.3 is 0 Å². The van der Waals surface area contributed by atoms with Crippen LogP contribution in [0.15, 0.2) is 66.7 Å². The van der Waals surface area contributed by atoms with E-state index < -0.39 is 0 Å². The molecule has 3 aromatic carbocycles. The highest BCUT2D eigenvalue weighted by Crippen LogP contribution is 2.19. The summed E-state index contributed by atoms with van der Waals surface area (Å²) in [7, 11) is 0. The molecular formula is C24H22N2O3. The molecule has 29 heavy (non-hydrogen) atoms. The lowest BCUT2D eigenvalue weighted by Gasteiger charge is -2.11. The van der Waals surface area contributed by atoms with Gasteiger partial charge in [0.15, 0.2) is 5.78 Å². The summed E-state index contributed by atoms with van der Waals surface area (Å²) in [5, 5.41) is 5.66. The number of amides is 2. The highest BCUT2D eigenvalue weighted by atomic mass is 16.2. The molecule has 0 heterocycles. The lowest BCUT2D eigenvalue weighted by Crippen LogP contribution is -2.16. The van der Waals surface area contributed by atoms with E-state index in [0.717, 1.165) is 16.8 Å². The molecule has 0 bridgehead atoms. The number of carbonyl (C=O) groups is 3. The van der Waals surface area contributed by atoms with Crippen molar-refractivity contribution < 1.29 is 14.4 Å². The maximum Gasteiger partial charge on any atom is 0.255 e. The lowest BCUT2D eigenvalue weighted by molar-refractivity contribution is 0.100. The molecule has 0 saturated carbocycles. The van der Waals surface area contributed by atoms with Crippen LogP contribution >= 0.6 is 0 Å². The molecule has 3 rings (SSSR count). The fourth-order valence-corrected chi connectivity index (χ4v) is 2.90. The first-order valence-corrected chi connectivity index (χ1v) is 9.25. The van der Waals surface area contributed by atoms with Crippen molar-refractivity contribution in [1.82, 2.24) is 0 Å². The average Bonchev–Trinajstić information content (AvgIpc) is 2.71. The Labute approximate surface area is 169 Å². The zero-order valence-electron chi connectivity index (χ0n) is 16.6. The highest BCUT2D eigenvalue weighted by Gasteiger charge is 2.13. The fraction of sp³-hybridized carbons (Fsp3) is 0.125. The van der Waals surface area contributed by atoms with Gasteiger partial charge in [-0.2, -0.15) is 0 Å². The van der Waals surface area contributed by atoms with E-state index in [1.54, 1.807) is 48.5 Å². The van der Waals surface area contributed by atoms with Crippen molar-refractivity contribution in [2.24, 2.45) is 0 Å². The molecule has 2 N–H and O–H groups in total. The normalized spacial score (nSPS) is 10.3. The predicted octanol–water partition coefficient (Wildman–Crippen LogP) is 5.01. The van der Waals surface area contributed by atoms with Gasteiger partial charge < -0.3 is 10.6 Å². The Morgan fingerprint density at radius 3 is 1.97 bits per heavy atom. The second kappa shape index (κ2) is 8.52. The van der Waals surface area contributed by atoms with E-state index in [-0.39, 0.29) is 17.6 Å². The van der Waals surface area contributed by atoms with E-state index in [2.05, 4.69) is 10.6 Å². The van der Waals surface area contributed by atoms with Crippen molar-refractivity contribution in [3.63, 3.8) is 0 Å². The van der Waals surface area contributed by atoms with Crippen LogP contribution in [0.25, 0.3) is 0 Å². The fourth-order valence-electron chi connectivity index (χ4n) is 2.90. The molecule has 0 saturated heterocycles. The van der Waals surface area contributed by atoms with Gasteiger partial charge in [-0.1, -0.05) is 30.3 Å². The van der Waals surface area contributed by atoms with Gasteiger partial charge in [-0.15, -0.1) is 0 Å². The summed E-state index contributed by atoms with van der Waals surface area (Å²) in [5.41, 5.74) is 4.61. The Morgan fingerprint density at radius 2 is 1.28 bits per heavy atom. The van der Waals surface area contributed by atoms with Gasteiger partial charge in [-0.05, 0) is 68.3 Å². The molecule has 0 aliphatic carbocycles. The number of carbonyl (C=O) groups excluding carboxylic acids is 3. The van der Waals surface area contributed by atoms with Crippen LogP contribution in [0, 0.1) is 13.8 Å². The van der Waals surface area contributed by atoms with E-state index in [0.29, 0.717) is 22.4 Å². The summed E-state index contributed by atoms with van der Waals surface area (Å²) < 4.78 is 0. The molecule has 0 fully saturated rings. The molecule has 2 amide bonds. The molecule has 0 unspecified atom stereocenters. The van der Waals surface area contributed by atoms with Crippen LogP contribution in [0.2, 0.25) is 0 Å². The standard InChI is InChI=1S/C24H22N2O3/c1-15-7-4-12-22(16(15)2)26-24(29)20-10-5-9-19(13-20)23(28)25-21-11-6-8-18(14-21)17(3)27/h4-14H,1-3H3,(H,25,28)(H,26,29). The average molecular weight is 386 g/mol. The Morgan fingerprint density at radius 1 is 0.690 bits per heavy atom. The van der Waals surface area contributed by atoms with E-state index in [9.17, 15) is 14.4 Å². The lowest BCUT2D eigenvalue weighted by atomic mass is 10.1. The number of ketones is 1. The van der Waals surface area contributed by atoms with Crippen molar-refractivity contribution >= 4 is 29.0 Å². The van der Waals surface area contributed by atoms with Gasteiger partial charge in [0.05, 0.1) is 0 Å². The molecule has 0 radical (unpaired) electrons. The van der Waals surface area contributed by atoms with E-state index in [1.807, 2.05) is 32.0 Å². The third kappa shape index (κ3) is 4.76. The van der Waals surface area contributed by atoms with E-state index in [1.165, 1.54) is 6.92 Å². The molecule has 0 spiro atoms. The Kier molecular flexibility index (Phi) is 5.88. The topological polar surface area (TPSA) is 75.3 Å². The number of hydrogen-bond donors (Lipinski definition) is 2. The van der Waals surface area contributed by atoms with Crippen LogP contribution in [0.3, 0.4) is 0 Å². The summed E-state index contributed by atoms with van der Waals surface area (Å²) in [6.07, 6.45) is 0. The summed E-state index contributed by atoms with van der Waals surface area (Å²) in [5.74, 6) is -0.717. The third-order valence-electron chi connectivity index (χ3n) is 4.77. The summed E-state index contributed by atoms with van der Waals surface area (Å²) in [6.45, 7) is 5.40. The minimum atomic E-state index is -0.355.